The van der Waals surface area contributed by atoms with E-state index in [0.717, 1.165) is 16.2 Å². The molecule has 0 aliphatic heterocycles. The van der Waals surface area contributed by atoms with Gasteiger partial charge in [-0.15, -0.1) is 0 Å². The standard InChI is InChI=1S/C16H22ClN3O2S/c1-10(2)18-15(21)11(3)23-16-19-13-9-12(17)5-6-14(13)20(16)7-8-22-4/h5-6,9-11H,7-8H2,1-4H3,(H,18,21). The van der Waals surface area contributed by atoms with E-state index in [4.69, 9.17) is 16.3 Å². The van der Waals surface area contributed by atoms with Crippen LogP contribution in [0.5, 0.6) is 0 Å². The minimum absolute atomic E-state index is 0.00776. The smallest absolute Gasteiger partial charge is 0.233 e. The minimum atomic E-state index is -0.231. The van der Waals surface area contributed by atoms with Crippen LogP contribution in [0.3, 0.4) is 0 Å². The maximum Gasteiger partial charge on any atom is 0.233 e. The summed E-state index contributed by atoms with van der Waals surface area (Å²) in [7, 11) is 1.67. The summed E-state index contributed by atoms with van der Waals surface area (Å²) < 4.78 is 7.25. The number of aromatic nitrogens is 2. The number of benzene rings is 1. The second-order valence-electron chi connectivity index (χ2n) is 5.60. The van der Waals surface area contributed by atoms with Crippen LogP contribution in [-0.4, -0.2) is 40.5 Å². The average Bonchev–Trinajstić information content (AvgIpc) is 2.80. The molecule has 1 aromatic heterocycles. The molecule has 1 heterocycles. The summed E-state index contributed by atoms with van der Waals surface area (Å²) in [6.45, 7) is 7.04. The Hall–Kier alpha value is -1.24. The predicted molar refractivity (Wildman–Crippen MR) is 95.2 cm³/mol. The van der Waals surface area contributed by atoms with Crippen molar-refractivity contribution in [3.05, 3.63) is 23.2 Å². The van der Waals surface area contributed by atoms with Crippen molar-refractivity contribution in [1.29, 1.82) is 0 Å². The number of imidazole rings is 1. The van der Waals surface area contributed by atoms with E-state index in [1.54, 1.807) is 7.11 Å². The third kappa shape index (κ3) is 4.62. The van der Waals surface area contributed by atoms with Gasteiger partial charge >= 0.3 is 0 Å². The molecule has 23 heavy (non-hydrogen) atoms. The molecular formula is C16H22ClN3O2S. The van der Waals surface area contributed by atoms with E-state index < -0.39 is 0 Å². The van der Waals surface area contributed by atoms with E-state index in [9.17, 15) is 4.79 Å². The third-order valence-electron chi connectivity index (χ3n) is 3.28. The highest BCUT2D eigenvalue weighted by Gasteiger charge is 2.20. The molecule has 5 nitrogen and oxygen atoms in total. The Labute approximate surface area is 145 Å². The van der Waals surface area contributed by atoms with Gasteiger partial charge < -0.3 is 14.6 Å². The first-order valence-corrected chi connectivity index (χ1v) is 8.80. The van der Waals surface area contributed by atoms with Crippen molar-refractivity contribution < 1.29 is 9.53 Å². The molecule has 0 aliphatic carbocycles. The highest BCUT2D eigenvalue weighted by Crippen LogP contribution is 2.28. The normalized spacial score (nSPS) is 12.8. The molecule has 1 amide bonds. The molecule has 2 rings (SSSR count). The summed E-state index contributed by atoms with van der Waals surface area (Å²) in [6, 6.07) is 5.75. The maximum atomic E-state index is 12.1. The van der Waals surface area contributed by atoms with Gasteiger partial charge in [0, 0.05) is 24.7 Å². The number of thioether (sulfide) groups is 1. The van der Waals surface area contributed by atoms with Crippen LogP contribution in [0.1, 0.15) is 20.8 Å². The minimum Gasteiger partial charge on any atom is -0.383 e. The number of ether oxygens (including phenoxy) is 1. The van der Waals surface area contributed by atoms with Gasteiger partial charge in [0.15, 0.2) is 5.16 Å². The average molecular weight is 356 g/mol. The van der Waals surface area contributed by atoms with Gasteiger partial charge in [-0.25, -0.2) is 4.98 Å². The van der Waals surface area contributed by atoms with Crippen molar-refractivity contribution in [2.24, 2.45) is 0 Å². The summed E-state index contributed by atoms with van der Waals surface area (Å²) in [6.07, 6.45) is 0. The number of halogens is 1. The highest BCUT2D eigenvalue weighted by molar-refractivity contribution is 8.00. The van der Waals surface area contributed by atoms with Crippen LogP contribution in [-0.2, 0) is 16.1 Å². The molecule has 0 aliphatic rings. The number of carbonyl (C=O) groups is 1. The number of rotatable bonds is 7. The first-order chi connectivity index (χ1) is 10.9. The van der Waals surface area contributed by atoms with Crippen LogP contribution in [0.4, 0.5) is 0 Å². The second kappa shape index (κ2) is 8.04. The third-order valence-corrected chi connectivity index (χ3v) is 4.60. The summed E-state index contributed by atoms with van der Waals surface area (Å²) in [5.41, 5.74) is 1.82. The first kappa shape index (κ1) is 18.1. The molecule has 126 valence electrons. The molecule has 0 saturated heterocycles. The van der Waals surface area contributed by atoms with Crippen LogP contribution < -0.4 is 5.32 Å². The Morgan fingerprint density at radius 2 is 2.17 bits per heavy atom. The summed E-state index contributed by atoms with van der Waals surface area (Å²) >= 11 is 7.50. The molecule has 1 atom stereocenters. The lowest BCUT2D eigenvalue weighted by Crippen LogP contribution is -2.36. The number of fused-ring (bicyclic) bond motifs is 1. The molecule has 1 aromatic carbocycles. The lowest BCUT2D eigenvalue weighted by atomic mass is 10.3. The largest absolute Gasteiger partial charge is 0.383 e. The molecule has 0 saturated carbocycles. The fourth-order valence-electron chi connectivity index (χ4n) is 2.18. The van der Waals surface area contributed by atoms with Crippen molar-refractivity contribution in [3.8, 4) is 0 Å². The molecule has 7 heteroatoms. The van der Waals surface area contributed by atoms with Crippen LogP contribution in [0.15, 0.2) is 23.4 Å². The van der Waals surface area contributed by atoms with Crippen molar-refractivity contribution in [3.63, 3.8) is 0 Å². The Morgan fingerprint density at radius 1 is 1.43 bits per heavy atom. The fourth-order valence-corrected chi connectivity index (χ4v) is 3.31. The van der Waals surface area contributed by atoms with E-state index in [1.807, 2.05) is 39.0 Å². The van der Waals surface area contributed by atoms with Crippen molar-refractivity contribution in [1.82, 2.24) is 14.9 Å². The predicted octanol–water partition coefficient (Wildman–Crippen LogP) is 3.34. The summed E-state index contributed by atoms with van der Waals surface area (Å²) in [5.74, 6) is 0.00776. The van der Waals surface area contributed by atoms with Gasteiger partial charge in [0.2, 0.25) is 5.91 Å². The number of carbonyl (C=O) groups excluding carboxylic acids is 1. The van der Waals surface area contributed by atoms with Gasteiger partial charge in [0.25, 0.3) is 0 Å². The molecule has 0 spiro atoms. The van der Waals surface area contributed by atoms with Crippen molar-refractivity contribution in [2.75, 3.05) is 13.7 Å². The molecular weight excluding hydrogens is 334 g/mol. The van der Waals surface area contributed by atoms with Crippen LogP contribution in [0.2, 0.25) is 5.02 Å². The number of hydrogen-bond donors (Lipinski definition) is 1. The number of methoxy groups -OCH3 is 1. The first-order valence-electron chi connectivity index (χ1n) is 7.54. The molecule has 0 fully saturated rings. The van der Waals surface area contributed by atoms with Gasteiger partial charge in [-0.2, -0.15) is 0 Å². The van der Waals surface area contributed by atoms with E-state index >= 15 is 0 Å². The number of amides is 1. The summed E-state index contributed by atoms with van der Waals surface area (Å²) in [5, 5.41) is 4.14. The van der Waals surface area contributed by atoms with E-state index in [0.29, 0.717) is 18.2 Å². The quantitative estimate of drug-likeness (QED) is 0.774. The Kier molecular flexibility index (Phi) is 6.33. The van der Waals surface area contributed by atoms with Gasteiger partial charge in [0.05, 0.1) is 22.9 Å². The SMILES string of the molecule is COCCn1c(SC(C)C(=O)NC(C)C)nc2cc(Cl)ccc21. The zero-order chi connectivity index (χ0) is 17.0. The van der Waals surface area contributed by atoms with Crippen LogP contribution >= 0.6 is 23.4 Å². The number of hydrogen-bond acceptors (Lipinski definition) is 4. The lowest BCUT2D eigenvalue weighted by Gasteiger charge is -2.15. The van der Waals surface area contributed by atoms with Gasteiger partial charge in [0.1, 0.15) is 0 Å². The zero-order valence-electron chi connectivity index (χ0n) is 13.8. The number of nitrogens with zero attached hydrogens (tertiary/aromatic N) is 2. The van der Waals surface area contributed by atoms with E-state index in [-0.39, 0.29) is 17.2 Å². The monoisotopic (exact) mass is 355 g/mol. The van der Waals surface area contributed by atoms with Crippen molar-refractivity contribution in [2.45, 2.75) is 43.8 Å². The lowest BCUT2D eigenvalue weighted by molar-refractivity contribution is -0.120. The maximum absolute atomic E-state index is 12.1. The van der Waals surface area contributed by atoms with E-state index in [2.05, 4.69) is 14.9 Å². The fraction of sp³-hybridized carbons (Fsp3) is 0.500. The topological polar surface area (TPSA) is 56.1 Å². The molecule has 0 bridgehead atoms. The Morgan fingerprint density at radius 3 is 2.83 bits per heavy atom. The van der Waals surface area contributed by atoms with Gasteiger partial charge in [-0.1, -0.05) is 23.4 Å². The molecule has 1 unspecified atom stereocenters. The Bertz CT molecular complexity index is 687. The highest BCUT2D eigenvalue weighted by atomic mass is 35.5. The van der Waals surface area contributed by atoms with Crippen LogP contribution in [0.25, 0.3) is 11.0 Å². The second-order valence-corrected chi connectivity index (χ2v) is 7.34. The Balaban J connectivity index is 2.29. The van der Waals surface area contributed by atoms with E-state index in [1.165, 1.54) is 11.8 Å². The van der Waals surface area contributed by atoms with Crippen molar-refractivity contribution >= 4 is 40.3 Å². The van der Waals surface area contributed by atoms with Crippen LogP contribution in [0, 0.1) is 0 Å². The molecule has 2 aromatic rings. The van der Waals surface area contributed by atoms with Gasteiger partial charge in [-0.05, 0) is 39.0 Å². The summed E-state index contributed by atoms with van der Waals surface area (Å²) in [4.78, 5) is 16.8. The van der Waals surface area contributed by atoms with Gasteiger partial charge in [-0.3, -0.25) is 4.79 Å². The zero-order valence-corrected chi connectivity index (χ0v) is 15.4. The number of nitrogens with one attached hydrogen (secondary N) is 1. The molecule has 1 N–H and O–H groups in total. The molecule has 0 radical (unpaired) electrons.